The second kappa shape index (κ2) is 6.98. The number of nitrogens with one attached hydrogen (secondary N) is 1. The van der Waals surface area contributed by atoms with Crippen LogP contribution in [-0.2, 0) is 11.2 Å². The van der Waals surface area contributed by atoms with E-state index in [4.69, 9.17) is 16.1 Å². The third-order valence-electron chi connectivity index (χ3n) is 3.35. The van der Waals surface area contributed by atoms with Crippen molar-refractivity contribution in [2.45, 2.75) is 19.4 Å². The lowest BCUT2D eigenvalue weighted by atomic mass is 10.1. The summed E-state index contributed by atoms with van der Waals surface area (Å²) in [6.07, 6.45) is 0.187. The highest BCUT2D eigenvalue weighted by Crippen LogP contribution is 2.27. The minimum atomic E-state index is -0.201. The van der Waals surface area contributed by atoms with E-state index in [1.807, 2.05) is 41.8 Å². The van der Waals surface area contributed by atoms with Crippen molar-refractivity contribution in [1.29, 1.82) is 0 Å². The van der Waals surface area contributed by atoms with Crippen molar-refractivity contribution in [1.82, 2.24) is 10.5 Å². The van der Waals surface area contributed by atoms with E-state index in [0.29, 0.717) is 16.5 Å². The standard InChI is InChI=1S/C17H15ClN2O2S/c1-11-9-14(20-22-11)10-16(21)19-17(15-3-2-8-23-15)12-4-6-13(18)7-5-12/h2-9,17H,10H2,1H3,(H,19,21)/t17-/m0/s1. The quantitative estimate of drug-likeness (QED) is 0.755. The maximum absolute atomic E-state index is 12.4. The summed E-state index contributed by atoms with van der Waals surface area (Å²) < 4.78 is 5.00. The molecule has 0 aliphatic rings. The molecule has 0 unspecified atom stereocenters. The van der Waals surface area contributed by atoms with Crippen LogP contribution in [0.2, 0.25) is 5.02 Å². The van der Waals surface area contributed by atoms with Crippen LogP contribution in [0.25, 0.3) is 0 Å². The van der Waals surface area contributed by atoms with Gasteiger partial charge in [0.1, 0.15) is 5.76 Å². The Hall–Kier alpha value is -2.11. The monoisotopic (exact) mass is 346 g/mol. The van der Waals surface area contributed by atoms with E-state index in [1.54, 1.807) is 24.3 Å². The van der Waals surface area contributed by atoms with Crippen LogP contribution >= 0.6 is 22.9 Å². The van der Waals surface area contributed by atoms with Gasteiger partial charge < -0.3 is 9.84 Å². The molecule has 1 amide bonds. The maximum Gasteiger partial charge on any atom is 0.226 e. The summed E-state index contributed by atoms with van der Waals surface area (Å²) in [5, 5.41) is 9.58. The van der Waals surface area contributed by atoms with E-state index in [2.05, 4.69) is 10.5 Å². The van der Waals surface area contributed by atoms with Gasteiger partial charge in [0, 0.05) is 16.0 Å². The molecule has 0 fully saturated rings. The first-order valence-electron chi connectivity index (χ1n) is 7.12. The third-order valence-corrected chi connectivity index (χ3v) is 4.54. The SMILES string of the molecule is Cc1cc(CC(=O)N[C@@H](c2ccc(Cl)cc2)c2cccs2)no1. The lowest BCUT2D eigenvalue weighted by Gasteiger charge is -2.18. The summed E-state index contributed by atoms with van der Waals surface area (Å²) in [4.78, 5) is 13.4. The summed E-state index contributed by atoms with van der Waals surface area (Å²) in [7, 11) is 0. The fourth-order valence-corrected chi connectivity index (χ4v) is 3.24. The van der Waals surface area contributed by atoms with Crippen LogP contribution in [0.4, 0.5) is 0 Å². The molecular formula is C17H15ClN2O2S. The molecule has 23 heavy (non-hydrogen) atoms. The zero-order valence-corrected chi connectivity index (χ0v) is 14.0. The van der Waals surface area contributed by atoms with E-state index in [1.165, 1.54) is 0 Å². The highest BCUT2D eigenvalue weighted by molar-refractivity contribution is 7.10. The second-order valence-corrected chi connectivity index (χ2v) is 6.59. The highest BCUT2D eigenvalue weighted by atomic mass is 35.5. The Morgan fingerprint density at radius 3 is 2.74 bits per heavy atom. The number of nitrogens with zero attached hydrogens (tertiary/aromatic N) is 1. The van der Waals surface area contributed by atoms with Gasteiger partial charge in [-0.15, -0.1) is 11.3 Å². The predicted molar refractivity (Wildman–Crippen MR) is 90.7 cm³/mol. The molecule has 6 heteroatoms. The molecule has 0 saturated heterocycles. The van der Waals surface area contributed by atoms with E-state index in [0.717, 1.165) is 10.4 Å². The van der Waals surface area contributed by atoms with Gasteiger partial charge >= 0.3 is 0 Å². The first kappa shape index (κ1) is 15.8. The van der Waals surface area contributed by atoms with Crippen molar-refractivity contribution in [3.63, 3.8) is 0 Å². The van der Waals surface area contributed by atoms with Crippen molar-refractivity contribution in [3.8, 4) is 0 Å². The molecule has 0 aliphatic heterocycles. The first-order chi connectivity index (χ1) is 11.1. The van der Waals surface area contributed by atoms with Crippen LogP contribution in [0.15, 0.2) is 52.4 Å². The summed E-state index contributed by atoms with van der Waals surface area (Å²) in [6, 6.07) is 13.0. The summed E-state index contributed by atoms with van der Waals surface area (Å²) >= 11 is 7.55. The number of hydrogen-bond acceptors (Lipinski definition) is 4. The Morgan fingerprint density at radius 2 is 2.13 bits per heavy atom. The molecule has 0 saturated carbocycles. The molecule has 4 nitrogen and oxygen atoms in total. The second-order valence-electron chi connectivity index (χ2n) is 5.17. The number of halogens is 1. The van der Waals surface area contributed by atoms with Gasteiger partial charge in [-0.05, 0) is 36.1 Å². The largest absolute Gasteiger partial charge is 0.361 e. The number of rotatable bonds is 5. The average molecular weight is 347 g/mol. The highest BCUT2D eigenvalue weighted by Gasteiger charge is 2.18. The number of aromatic nitrogens is 1. The Labute approximate surface area is 143 Å². The Bertz CT molecular complexity index is 781. The normalized spacial score (nSPS) is 12.1. The Kier molecular flexibility index (Phi) is 4.79. The van der Waals surface area contributed by atoms with Gasteiger partial charge in [0.15, 0.2) is 0 Å². The number of benzene rings is 1. The molecule has 2 aromatic heterocycles. The van der Waals surface area contributed by atoms with Crippen molar-refractivity contribution in [2.24, 2.45) is 0 Å². The van der Waals surface area contributed by atoms with Gasteiger partial charge in [-0.25, -0.2) is 0 Å². The van der Waals surface area contributed by atoms with Crippen molar-refractivity contribution >= 4 is 28.8 Å². The molecular weight excluding hydrogens is 332 g/mol. The molecule has 1 aromatic carbocycles. The lowest BCUT2D eigenvalue weighted by Crippen LogP contribution is -2.30. The zero-order valence-electron chi connectivity index (χ0n) is 12.5. The van der Waals surface area contributed by atoms with Gasteiger partial charge in [0.05, 0.1) is 18.2 Å². The molecule has 3 aromatic rings. The number of aryl methyl sites for hydroxylation is 1. The molecule has 1 N–H and O–H groups in total. The molecule has 0 aliphatic carbocycles. The van der Waals surface area contributed by atoms with Crippen LogP contribution in [0.3, 0.4) is 0 Å². The van der Waals surface area contributed by atoms with E-state index in [9.17, 15) is 4.79 Å². The summed E-state index contributed by atoms with van der Waals surface area (Å²) in [5.41, 5.74) is 1.61. The lowest BCUT2D eigenvalue weighted by molar-refractivity contribution is -0.121. The molecule has 1 atom stereocenters. The number of carbonyl (C=O) groups is 1. The van der Waals surface area contributed by atoms with Gasteiger partial charge in [0.25, 0.3) is 0 Å². The molecule has 2 heterocycles. The predicted octanol–water partition coefficient (Wildman–Crippen LogP) is 4.15. The van der Waals surface area contributed by atoms with Crippen LogP contribution in [-0.4, -0.2) is 11.1 Å². The number of thiophene rings is 1. The Balaban J connectivity index is 1.78. The maximum atomic E-state index is 12.4. The van der Waals surface area contributed by atoms with Crippen LogP contribution in [0, 0.1) is 6.92 Å². The minimum absolute atomic E-state index is 0.105. The smallest absolute Gasteiger partial charge is 0.226 e. The molecule has 0 bridgehead atoms. The van der Waals surface area contributed by atoms with Crippen molar-refractivity contribution in [2.75, 3.05) is 0 Å². The van der Waals surface area contributed by atoms with Gasteiger partial charge in [-0.2, -0.15) is 0 Å². The zero-order chi connectivity index (χ0) is 16.2. The van der Waals surface area contributed by atoms with Gasteiger partial charge in [-0.3, -0.25) is 4.79 Å². The van der Waals surface area contributed by atoms with E-state index >= 15 is 0 Å². The fourth-order valence-electron chi connectivity index (χ4n) is 2.31. The van der Waals surface area contributed by atoms with E-state index in [-0.39, 0.29) is 18.4 Å². The first-order valence-corrected chi connectivity index (χ1v) is 8.38. The van der Waals surface area contributed by atoms with Crippen LogP contribution in [0.1, 0.15) is 27.9 Å². The van der Waals surface area contributed by atoms with Crippen LogP contribution < -0.4 is 5.32 Å². The number of carbonyl (C=O) groups excluding carboxylic acids is 1. The van der Waals surface area contributed by atoms with Crippen LogP contribution in [0.5, 0.6) is 0 Å². The van der Waals surface area contributed by atoms with Gasteiger partial charge in [-0.1, -0.05) is 35.0 Å². The topological polar surface area (TPSA) is 55.1 Å². The summed E-state index contributed by atoms with van der Waals surface area (Å²) in [5.74, 6) is 0.590. The third kappa shape index (κ3) is 4.00. The summed E-state index contributed by atoms with van der Waals surface area (Å²) in [6.45, 7) is 1.80. The fraction of sp³-hybridized carbons (Fsp3) is 0.176. The van der Waals surface area contributed by atoms with Crippen molar-refractivity contribution in [3.05, 3.63) is 74.8 Å². The molecule has 118 valence electrons. The minimum Gasteiger partial charge on any atom is -0.361 e. The number of amides is 1. The van der Waals surface area contributed by atoms with Crippen molar-refractivity contribution < 1.29 is 9.32 Å². The van der Waals surface area contributed by atoms with Gasteiger partial charge in [0.2, 0.25) is 5.91 Å². The molecule has 0 spiro atoms. The van der Waals surface area contributed by atoms with E-state index < -0.39 is 0 Å². The Morgan fingerprint density at radius 1 is 1.35 bits per heavy atom. The average Bonchev–Trinajstić information content (AvgIpc) is 3.18. The molecule has 0 radical (unpaired) electrons. The molecule has 3 rings (SSSR count). The number of hydrogen-bond donors (Lipinski definition) is 1.